The zero-order valence-electron chi connectivity index (χ0n) is 7.03. The van der Waals surface area contributed by atoms with E-state index in [1.54, 1.807) is 0 Å². The Morgan fingerprint density at radius 3 is 2.67 bits per heavy atom. The maximum Gasteiger partial charge on any atom is 0.282 e. The smallest absolute Gasteiger partial charge is 0.282 e. The van der Waals surface area contributed by atoms with E-state index in [1.165, 1.54) is 0 Å². The summed E-state index contributed by atoms with van der Waals surface area (Å²) in [5.41, 5.74) is 5.43. The van der Waals surface area contributed by atoms with Gasteiger partial charge in [0.25, 0.3) is 6.02 Å². The van der Waals surface area contributed by atoms with Gasteiger partial charge in [-0.2, -0.15) is 0 Å². The van der Waals surface area contributed by atoms with E-state index in [-0.39, 0.29) is 6.10 Å². The van der Waals surface area contributed by atoms with E-state index in [9.17, 15) is 0 Å². The van der Waals surface area contributed by atoms with Crippen molar-refractivity contribution in [2.75, 3.05) is 19.8 Å². The van der Waals surface area contributed by atoms with E-state index < -0.39 is 0 Å². The number of aliphatic imine (C=N–C) groups is 1. The number of rotatable bonds is 1. The highest BCUT2D eigenvalue weighted by atomic mass is 16.5. The summed E-state index contributed by atoms with van der Waals surface area (Å²) in [5.74, 6) is 0.587. The van der Waals surface area contributed by atoms with Crippen LogP contribution in [0.15, 0.2) is 4.99 Å². The van der Waals surface area contributed by atoms with Crippen molar-refractivity contribution in [1.82, 2.24) is 0 Å². The summed E-state index contributed by atoms with van der Waals surface area (Å²) in [6.07, 6.45) is 2.37. The molecular formula is C8H14N2O2. The summed E-state index contributed by atoms with van der Waals surface area (Å²) in [5, 5.41) is 0. The summed E-state index contributed by atoms with van der Waals surface area (Å²) in [6.45, 7) is 2.44. The molecule has 2 heterocycles. The fourth-order valence-corrected chi connectivity index (χ4v) is 1.74. The molecule has 0 aliphatic carbocycles. The van der Waals surface area contributed by atoms with Crippen molar-refractivity contribution < 1.29 is 9.47 Å². The van der Waals surface area contributed by atoms with Crippen LogP contribution in [0.3, 0.4) is 0 Å². The quantitative estimate of drug-likeness (QED) is 0.608. The van der Waals surface area contributed by atoms with E-state index in [0.29, 0.717) is 11.9 Å². The molecular weight excluding hydrogens is 156 g/mol. The Morgan fingerprint density at radius 1 is 1.33 bits per heavy atom. The van der Waals surface area contributed by atoms with Crippen LogP contribution in [0.25, 0.3) is 0 Å². The van der Waals surface area contributed by atoms with Crippen molar-refractivity contribution in [3.05, 3.63) is 0 Å². The van der Waals surface area contributed by atoms with Crippen LogP contribution in [0.2, 0.25) is 0 Å². The van der Waals surface area contributed by atoms with Gasteiger partial charge in [0, 0.05) is 19.1 Å². The molecule has 1 atom stereocenters. The van der Waals surface area contributed by atoms with Gasteiger partial charge in [-0.15, -0.1) is 0 Å². The lowest BCUT2D eigenvalue weighted by atomic mass is 9.94. The zero-order chi connectivity index (χ0) is 8.39. The van der Waals surface area contributed by atoms with Gasteiger partial charge in [0.2, 0.25) is 0 Å². The minimum atomic E-state index is 0.217. The normalized spacial score (nSPS) is 31.3. The molecule has 2 aliphatic rings. The summed E-state index contributed by atoms with van der Waals surface area (Å²) < 4.78 is 10.6. The average Bonchev–Trinajstić information content (AvgIpc) is 2.54. The van der Waals surface area contributed by atoms with Gasteiger partial charge < -0.3 is 15.2 Å². The van der Waals surface area contributed by atoms with Gasteiger partial charge in [-0.05, 0) is 12.8 Å². The Labute approximate surface area is 71.7 Å². The summed E-state index contributed by atoms with van der Waals surface area (Å²) >= 11 is 0. The first kappa shape index (κ1) is 7.86. The minimum absolute atomic E-state index is 0.217. The molecule has 0 saturated carbocycles. The predicted octanol–water partition coefficient (Wildman–Crippen LogP) is 0.126. The first-order valence-corrected chi connectivity index (χ1v) is 4.40. The molecule has 68 valence electrons. The van der Waals surface area contributed by atoms with E-state index in [2.05, 4.69) is 4.99 Å². The molecule has 0 radical (unpaired) electrons. The van der Waals surface area contributed by atoms with E-state index in [4.69, 9.17) is 15.2 Å². The number of hydrogen-bond acceptors (Lipinski definition) is 4. The second-order valence-electron chi connectivity index (χ2n) is 3.29. The maximum atomic E-state index is 5.43. The van der Waals surface area contributed by atoms with Gasteiger partial charge >= 0.3 is 0 Å². The van der Waals surface area contributed by atoms with Gasteiger partial charge in [0.1, 0.15) is 6.10 Å². The van der Waals surface area contributed by atoms with Crippen LogP contribution < -0.4 is 5.73 Å². The molecule has 0 aromatic heterocycles. The Hall–Kier alpha value is -0.770. The van der Waals surface area contributed by atoms with Crippen molar-refractivity contribution in [3.63, 3.8) is 0 Å². The third-order valence-corrected chi connectivity index (χ3v) is 2.49. The second kappa shape index (κ2) is 3.31. The first-order valence-electron chi connectivity index (χ1n) is 4.40. The van der Waals surface area contributed by atoms with Crippen LogP contribution >= 0.6 is 0 Å². The molecule has 4 nitrogen and oxygen atoms in total. The molecule has 0 bridgehead atoms. The molecule has 1 unspecified atom stereocenters. The lowest BCUT2D eigenvalue weighted by Crippen LogP contribution is -2.31. The van der Waals surface area contributed by atoms with Gasteiger partial charge in [-0.25, -0.2) is 4.99 Å². The Morgan fingerprint density at radius 2 is 2.08 bits per heavy atom. The Kier molecular flexibility index (Phi) is 2.17. The molecule has 0 spiro atoms. The van der Waals surface area contributed by atoms with E-state index >= 15 is 0 Å². The highest BCUT2D eigenvalue weighted by Gasteiger charge is 2.28. The maximum absolute atomic E-state index is 5.43. The summed E-state index contributed by atoms with van der Waals surface area (Å²) in [4.78, 5) is 4.02. The van der Waals surface area contributed by atoms with Crippen LogP contribution in [0.4, 0.5) is 0 Å². The van der Waals surface area contributed by atoms with Crippen LogP contribution in [-0.4, -0.2) is 31.9 Å². The molecule has 0 aromatic rings. The van der Waals surface area contributed by atoms with E-state index in [1.807, 2.05) is 0 Å². The monoisotopic (exact) mass is 170 g/mol. The van der Waals surface area contributed by atoms with Crippen LogP contribution in [0.5, 0.6) is 0 Å². The SMILES string of the molecule is NC1=NCC(C2CCOCC2)O1. The lowest BCUT2D eigenvalue weighted by Gasteiger charge is -2.26. The molecule has 0 amide bonds. The minimum Gasteiger partial charge on any atom is -0.460 e. The number of amidine groups is 1. The third kappa shape index (κ3) is 1.53. The number of nitrogens with two attached hydrogens (primary N) is 1. The lowest BCUT2D eigenvalue weighted by molar-refractivity contribution is 0.0228. The summed E-state index contributed by atoms with van der Waals surface area (Å²) in [7, 11) is 0. The number of nitrogens with zero attached hydrogens (tertiary/aromatic N) is 1. The average molecular weight is 170 g/mol. The predicted molar refractivity (Wildman–Crippen MR) is 44.9 cm³/mol. The van der Waals surface area contributed by atoms with Crippen LogP contribution in [-0.2, 0) is 9.47 Å². The van der Waals surface area contributed by atoms with Crippen LogP contribution in [0, 0.1) is 5.92 Å². The fraction of sp³-hybridized carbons (Fsp3) is 0.875. The third-order valence-electron chi connectivity index (χ3n) is 2.49. The standard InChI is InChI=1S/C8H14N2O2/c9-8-10-5-7(12-8)6-1-3-11-4-2-6/h6-7H,1-5H2,(H2,9,10). The molecule has 12 heavy (non-hydrogen) atoms. The van der Waals surface area contributed by atoms with Crippen molar-refractivity contribution in [1.29, 1.82) is 0 Å². The van der Waals surface area contributed by atoms with Crippen molar-refractivity contribution in [2.24, 2.45) is 16.6 Å². The van der Waals surface area contributed by atoms with Crippen LogP contribution in [0.1, 0.15) is 12.8 Å². The molecule has 2 N–H and O–H groups in total. The Bertz CT molecular complexity index is 187. The Balaban J connectivity index is 1.85. The molecule has 1 saturated heterocycles. The molecule has 2 rings (SSSR count). The summed E-state index contributed by atoms with van der Waals surface area (Å²) in [6, 6.07) is 0.353. The number of hydrogen-bond donors (Lipinski definition) is 1. The highest BCUT2D eigenvalue weighted by Crippen LogP contribution is 2.23. The van der Waals surface area contributed by atoms with Gasteiger partial charge in [0.15, 0.2) is 0 Å². The van der Waals surface area contributed by atoms with Gasteiger partial charge in [0.05, 0.1) is 6.54 Å². The van der Waals surface area contributed by atoms with E-state index in [0.717, 1.165) is 32.6 Å². The van der Waals surface area contributed by atoms with Crippen molar-refractivity contribution >= 4 is 6.02 Å². The van der Waals surface area contributed by atoms with Crippen molar-refractivity contribution in [3.8, 4) is 0 Å². The first-order chi connectivity index (χ1) is 5.86. The molecule has 1 fully saturated rings. The second-order valence-corrected chi connectivity index (χ2v) is 3.29. The largest absolute Gasteiger partial charge is 0.460 e. The molecule has 2 aliphatic heterocycles. The fourth-order valence-electron chi connectivity index (χ4n) is 1.74. The topological polar surface area (TPSA) is 56.8 Å². The molecule has 4 heteroatoms. The van der Waals surface area contributed by atoms with Gasteiger partial charge in [-0.1, -0.05) is 0 Å². The highest BCUT2D eigenvalue weighted by molar-refractivity contribution is 5.73. The number of ether oxygens (including phenoxy) is 2. The molecule has 0 aromatic carbocycles. The van der Waals surface area contributed by atoms with Crippen molar-refractivity contribution in [2.45, 2.75) is 18.9 Å². The zero-order valence-corrected chi connectivity index (χ0v) is 7.03. The van der Waals surface area contributed by atoms with Gasteiger partial charge in [-0.3, -0.25) is 0 Å².